The molecule has 0 aromatic rings. The highest BCUT2D eigenvalue weighted by atomic mass is 35.5. The lowest BCUT2D eigenvalue weighted by molar-refractivity contribution is 0.950. The molecule has 0 saturated heterocycles. The third-order valence-corrected chi connectivity index (χ3v) is 4.88. The zero-order chi connectivity index (χ0) is 8.53. The van der Waals surface area contributed by atoms with Crippen LogP contribution < -0.4 is 0 Å². The van der Waals surface area contributed by atoms with Gasteiger partial charge in [0.05, 0.1) is 14.9 Å². The molecule has 0 heterocycles. The van der Waals surface area contributed by atoms with Gasteiger partial charge >= 0.3 is 0 Å². The zero-order valence-electron chi connectivity index (χ0n) is 6.65. The van der Waals surface area contributed by atoms with Crippen molar-refractivity contribution >= 4 is 20.4 Å². The Bertz CT molecular complexity index is 142. The Balaban J connectivity index is 3.36. The Kier molecular flexibility index (Phi) is 7.65. The van der Waals surface area contributed by atoms with Crippen LogP contribution in [-0.2, 0) is 0 Å². The van der Waals surface area contributed by atoms with Crippen LogP contribution in [0.3, 0.4) is 0 Å². The van der Waals surface area contributed by atoms with E-state index in [-0.39, 0.29) is 0 Å². The lowest BCUT2D eigenvalue weighted by Gasteiger charge is -2.06. The molecule has 0 aromatic heterocycles. The van der Waals surface area contributed by atoms with E-state index >= 15 is 0 Å². The Morgan fingerprint density at radius 1 is 1.64 bits per heavy atom. The van der Waals surface area contributed by atoms with E-state index in [0.29, 0.717) is 6.42 Å². The van der Waals surface area contributed by atoms with Crippen LogP contribution in [0.1, 0.15) is 12.8 Å². The van der Waals surface area contributed by atoms with Crippen molar-refractivity contribution in [2.75, 3.05) is 5.50 Å². The summed E-state index contributed by atoms with van der Waals surface area (Å²) in [7, 11) is -0.411. The van der Waals surface area contributed by atoms with Gasteiger partial charge in [-0.2, -0.15) is 5.26 Å². The predicted octanol–water partition coefficient (Wildman–Crippen LogP) is 2.75. The first-order chi connectivity index (χ1) is 5.35. The Labute approximate surface area is 75.3 Å². The van der Waals surface area contributed by atoms with E-state index in [1.165, 1.54) is 0 Å². The molecular formula is C8H13ClNSi. The minimum Gasteiger partial charge on any atom is -0.198 e. The number of hydrogen-bond acceptors (Lipinski definition) is 1. The molecule has 0 saturated carbocycles. The average molecular weight is 187 g/mol. The van der Waals surface area contributed by atoms with Crippen LogP contribution in [0.25, 0.3) is 0 Å². The van der Waals surface area contributed by atoms with Crippen molar-refractivity contribution in [2.24, 2.45) is 0 Å². The molecule has 0 aliphatic carbocycles. The van der Waals surface area contributed by atoms with E-state index in [1.807, 2.05) is 6.08 Å². The molecule has 0 N–H and O–H groups in total. The van der Waals surface area contributed by atoms with Gasteiger partial charge in [-0.3, -0.25) is 0 Å². The lowest BCUT2D eigenvalue weighted by atomic mass is 10.4. The Morgan fingerprint density at radius 2 is 2.36 bits per heavy atom. The highest BCUT2D eigenvalue weighted by Gasteiger charge is 2.06. The minimum atomic E-state index is -0.411. The fourth-order valence-electron chi connectivity index (χ4n) is 0.845. The number of rotatable bonds is 6. The van der Waals surface area contributed by atoms with Crippen LogP contribution in [0, 0.1) is 11.3 Å². The van der Waals surface area contributed by atoms with Gasteiger partial charge in [-0.05, 0) is 12.5 Å². The summed E-state index contributed by atoms with van der Waals surface area (Å²) in [6, 6.07) is 4.35. The molecule has 0 rings (SSSR count). The molecule has 3 heteroatoms. The largest absolute Gasteiger partial charge is 0.198 e. The van der Waals surface area contributed by atoms with Gasteiger partial charge in [0.2, 0.25) is 0 Å². The Hall–Kier alpha value is -0.263. The lowest BCUT2D eigenvalue weighted by Crippen LogP contribution is -2.13. The second-order valence-electron chi connectivity index (χ2n) is 2.39. The maximum absolute atomic E-state index is 8.29. The predicted molar refractivity (Wildman–Crippen MR) is 51.1 cm³/mol. The molecule has 1 nitrogen and oxygen atoms in total. The highest BCUT2D eigenvalue weighted by Crippen LogP contribution is 2.07. The van der Waals surface area contributed by atoms with Crippen LogP contribution in [0.15, 0.2) is 12.7 Å². The molecule has 0 unspecified atom stereocenters. The number of unbranched alkanes of at least 4 members (excludes halogenated alkanes) is 1. The average Bonchev–Trinajstić information content (AvgIpc) is 2.03. The summed E-state index contributed by atoms with van der Waals surface area (Å²) in [5, 5.41) is 8.29. The van der Waals surface area contributed by atoms with Gasteiger partial charge in [-0.1, -0.05) is 12.1 Å². The molecule has 0 spiro atoms. The topological polar surface area (TPSA) is 23.8 Å². The molecule has 61 valence electrons. The van der Waals surface area contributed by atoms with Gasteiger partial charge < -0.3 is 0 Å². The molecular weight excluding hydrogens is 174 g/mol. The maximum atomic E-state index is 8.29. The summed E-state index contributed by atoms with van der Waals surface area (Å²) >= 11 is 5.74. The first-order valence-corrected chi connectivity index (χ1v) is 6.38. The van der Waals surface area contributed by atoms with Gasteiger partial charge in [0.25, 0.3) is 0 Å². The number of halogens is 1. The molecule has 11 heavy (non-hydrogen) atoms. The van der Waals surface area contributed by atoms with Crippen LogP contribution in [0.5, 0.6) is 0 Å². The van der Waals surface area contributed by atoms with Crippen molar-refractivity contribution < 1.29 is 0 Å². The molecule has 0 atom stereocenters. The molecule has 0 fully saturated rings. The van der Waals surface area contributed by atoms with Gasteiger partial charge in [0.15, 0.2) is 0 Å². The van der Waals surface area contributed by atoms with E-state index in [2.05, 4.69) is 12.6 Å². The summed E-state index contributed by atoms with van der Waals surface area (Å²) in [6.07, 6.45) is 3.61. The number of alkyl halides is 1. The summed E-state index contributed by atoms with van der Waals surface area (Å²) in [5.41, 5.74) is 0.780. The third kappa shape index (κ3) is 6.15. The fraction of sp³-hybridized carbons (Fsp3) is 0.625. The SMILES string of the molecule is C=CC[Si](CCl)CCCC#N. The summed E-state index contributed by atoms with van der Waals surface area (Å²) in [5.74, 6) is 0. The van der Waals surface area contributed by atoms with E-state index in [0.717, 1.165) is 24.0 Å². The van der Waals surface area contributed by atoms with Crippen LogP contribution >= 0.6 is 11.6 Å². The summed E-state index contributed by atoms with van der Waals surface area (Å²) in [4.78, 5) is 0. The minimum absolute atomic E-state index is 0.411. The summed E-state index contributed by atoms with van der Waals surface area (Å²) < 4.78 is 0. The van der Waals surface area contributed by atoms with Gasteiger partial charge in [0, 0.05) is 11.9 Å². The monoisotopic (exact) mass is 186 g/mol. The standard InChI is InChI=1S/C8H13ClNSi/c1-2-6-11(8-9)7-4-3-5-10/h2H,1,3-4,6-8H2. The van der Waals surface area contributed by atoms with E-state index in [1.54, 1.807) is 0 Å². The fourth-order valence-corrected chi connectivity index (χ4v) is 3.11. The van der Waals surface area contributed by atoms with Crippen molar-refractivity contribution in [3.8, 4) is 6.07 Å². The maximum Gasteiger partial charge on any atom is 0.0698 e. The van der Waals surface area contributed by atoms with Crippen molar-refractivity contribution in [3.63, 3.8) is 0 Å². The van der Waals surface area contributed by atoms with Crippen molar-refractivity contribution in [2.45, 2.75) is 24.9 Å². The molecule has 0 aliphatic heterocycles. The molecule has 0 amide bonds. The van der Waals surface area contributed by atoms with Gasteiger partial charge in [-0.15, -0.1) is 18.2 Å². The number of allylic oxidation sites excluding steroid dienone is 1. The van der Waals surface area contributed by atoms with E-state index in [4.69, 9.17) is 16.9 Å². The first kappa shape index (κ1) is 10.7. The number of nitrogens with zero attached hydrogens (tertiary/aromatic N) is 1. The van der Waals surface area contributed by atoms with Crippen LogP contribution in [0.4, 0.5) is 0 Å². The smallest absolute Gasteiger partial charge is 0.0698 e. The molecule has 0 bridgehead atoms. The molecule has 0 aromatic carbocycles. The normalized spacial score (nSPS) is 9.55. The van der Waals surface area contributed by atoms with Crippen LogP contribution in [-0.4, -0.2) is 14.3 Å². The molecule has 0 aliphatic rings. The quantitative estimate of drug-likeness (QED) is 0.271. The highest BCUT2D eigenvalue weighted by molar-refractivity contribution is 6.67. The van der Waals surface area contributed by atoms with Gasteiger partial charge in [-0.25, -0.2) is 0 Å². The summed E-state index contributed by atoms with van der Waals surface area (Å²) in [6.45, 7) is 3.68. The number of hydrogen-bond donors (Lipinski definition) is 0. The van der Waals surface area contributed by atoms with Crippen molar-refractivity contribution in [1.82, 2.24) is 0 Å². The van der Waals surface area contributed by atoms with Gasteiger partial charge in [0.1, 0.15) is 0 Å². The second-order valence-corrected chi connectivity index (χ2v) is 5.87. The van der Waals surface area contributed by atoms with Crippen molar-refractivity contribution in [1.29, 1.82) is 5.26 Å². The third-order valence-electron chi connectivity index (χ3n) is 1.44. The second kappa shape index (κ2) is 7.84. The van der Waals surface area contributed by atoms with E-state index < -0.39 is 8.80 Å². The number of nitriles is 1. The van der Waals surface area contributed by atoms with E-state index in [9.17, 15) is 0 Å². The Morgan fingerprint density at radius 3 is 2.82 bits per heavy atom. The molecule has 1 radical (unpaired) electrons. The zero-order valence-corrected chi connectivity index (χ0v) is 8.40. The first-order valence-electron chi connectivity index (χ1n) is 3.72. The van der Waals surface area contributed by atoms with Crippen LogP contribution in [0.2, 0.25) is 12.1 Å². The van der Waals surface area contributed by atoms with Crippen molar-refractivity contribution in [3.05, 3.63) is 12.7 Å².